The van der Waals surface area contributed by atoms with Gasteiger partial charge in [0.25, 0.3) is 0 Å². The fraction of sp³-hybridized carbons (Fsp3) is 0.200. The standard InChI is InChI=1S/C10H8ClNO2/c1-5-3-4-7(11)8-9(5)12-6(2)14-10(8)13/h3-4H,1-2H3. The molecule has 72 valence electrons. The van der Waals surface area contributed by atoms with Crippen LogP contribution < -0.4 is 5.63 Å². The minimum atomic E-state index is -0.429. The molecule has 0 N–H and O–H groups in total. The lowest BCUT2D eigenvalue weighted by Crippen LogP contribution is -2.04. The van der Waals surface area contributed by atoms with Crippen LogP contribution >= 0.6 is 11.6 Å². The van der Waals surface area contributed by atoms with Gasteiger partial charge in [-0.05, 0) is 18.6 Å². The predicted octanol–water partition coefficient (Wildman–Crippen LogP) is 2.46. The molecule has 1 aromatic carbocycles. The summed E-state index contributed by atoms with van der Waals surface area (Å²) in [6.45, 7) is 3.52. The third-order valence-corrected chi connectivity index (χ3v) is 2.36. The Morgan fingerprint density at radius 2 is 2.07 bits per heavy atom. The maximum absolute atomic E-state index is 11.5. The van der Waals surface area contributed by atoms with E-state index in [1.807, 2.05) is 13.0 Å². The van der Waals surface area contributed by atoms with Crippen molar-refractivity contribution in [3.05, 3.63) is 39.0 Å². The molecule has 2 rings (SSSR count). The van der Waals surface area contributed by atoms with Crippen molar-refractivity contribution in [2.45, 2.75) is 13.8 Å². The quantitative estimate of drug-likeness (QED) is 0.670. The molecule has 0 amide bonds. The second-order valence-corrected chi connectivity index (χ2v) is 3.52. The summed E-state index contributed by atoms with van der Waals surface area (Å²) in [5.41, 5.74) is 1.10. The van der Waals surface area contributed by atoms with Crippen LogP contribution in [0.1, 0.15) is 11.5 Å². The molecule has 0 saturated carbocycles. The number of nitrogens with zero attached hydrogens (tertiary/aromatic N) is 1. The zero-order valence-corrected chi connectivity index (χ0v) is 8.55. The first-order valence-electron chi connectivity index (χ1n) is 4.16. The number of benzene rings is 1. The Bertz CT molecular complexity index is 560. The zero-order valence-electron chi connectivity index (χ0n) is 7.80. The van der Waals surface area contributed by atoms with E-state index in [1.54, 1.807) is 13.0 Å². The summed E-state index contributed by atoms with van der Waals surface area (Å²) in [4.78, 5) is 15.6. The average Bonchev–Trinajstić information content (AvgIpc) is 2.10. The van der Waals surface area contributed by atoms with Crippen LogP contribution in [0.2, 0.25) is 5.02 Å². The molecule has 14 heavy (non-hydrogen) atoms. The molecule has 4 heteroatoms. The molecule has 0 bridgehead atoms. The molecule has 0 saturated heterocycles. The second kappa shape index (κ2) is 3.10. The molecule has 0 spiro atoms. The zero-order chi connectivity index (χ0) is 10.3. The van der Waals surface area contributed by atoms with Gasteiger partial charge >= 0.3 is 5.63 Å². The Kier molecular flexibility index (Phi) is 2.04. The molecule has 0 aliphatic rings. The number of hydrogen-bond acceptors (Lipinski definition) is 3. The Labute approximate surface area is 85.3 Å². The first kappa shape index (κ1) is 9.21. The Morgan fingerprint density at radius 1 is 1.36 bits per heavy atom. The largest absolute Gasteiger partial charge is 0.408 e. The third-order valence-electron chi connectivity index (χ3n) is 2.04. The van der Waals surface area contributed by atoms with Crippen LogP contribution in [-0.2, 0) is 0 Å². The predicted molar refractivity (Wildman–Crippen MR) is 54.8 cm³/mol. The minimum Gasteiger partial charge on any atom is -0.408 e. The summed E-state index contributed by atoms with van der Waals surface area (Å²) in [6.07, 6.45) is 0. The van der Waals surface area contributed by atoms with Gasteiger partial charge in [0.15, 0.2) is 5.89 Å². The van der Waals surface area contributed by atoms with E-state index >= 15 is 0 Å². The van der Waals surface area contributed by atoms with Crippen LogP contribution in [0.5, 0.6) is 0 Å². The first-order chi connectivity index (χ1) is 6.59. The monoisotopic (exact) mass is 209 g/mol. The van der Waals surface area contributed by atoms with Crippen molar-refractivity contribution in [3.8, 4) is 0 Å². The van der Waals surface area contributed by atoms with Crippen LogP contribution in [0.4, 0.5) is 0 Å². The van der Waals surface area contributed by atoms with Crippen molar-refractivity contribution in [2.75, 3.05) is 0 Å². The fourth-order valence-corrected chi connectivity index (χ4v) is 1.60. The molecule has 0 aliphatic heterocycles. The highest BCUT2D eigenvalue weighted by Gasteiger charge is 2.09. The molecule has 0 fully saturated rings. The Morgan fingerprint density at radius 3 is 2.79 bits per heavy atom. The van der Waals surface area contributed by atoms with Crippen LogP contribution in [0.15, 0.2) is 21.3 Å². The van der Waals surface area contributed by atoms with Gasteiger partial charge in [0.1, 0.15) is 5.39 Å². The Hall–Kier alpha value is -1.35. The summed E-state index contributed by atoms with van der Waals surface area (Å²) >= 11 is 5.89. The van der Waals surface area contributed by atoms with Crippen LogP contribution in [0.25, 0.3) is 10.9 Å². The second-order valence-electron chi connectivity index (χ2n) is 3.11. The lowest BCUT2D eigenvalue weighted by molar-refractivity contribution is 0.467. The van der Waals surface area contributed by atoms with E-state index in [1.165, 1.54) is 0 Å². The minimum absolute atomic E-state index is 0.355. The van der Waals surface area contributed by atoms with Gasteiger partial charge in [-0.1, -0.05) is 17.7 Å². The van der Waals surface area contributed by atoms with Crippen molar-refractivity contribution in [2.24, 2.45) is 0 Å². The van der Waals surface area contributed by atoms with Crippen molar-refractivity contribution < 1.29 is 4.42 Å². The lowest BCUT2D eigenvalue weighted by Gasteiger charge is -2.01. The number of halogens is 1. The smallest absolute Gasteiger partial charge is 0.348 e. The summed E-state index contributed by atoms with van der Waals surface area (Å²) in [6, 6.07) is 3.50. The third kappa shape index (κ3) is 1.30. The molecule has 0 radical (unpaired) electrons. The SMILES string of the molecule is Cc1nc2c(C)ccc(Cl)c2c(=O)o1. The fourth-order valence-electron chi connectivity index (χ4n) is 1.37. The van der Waals surface area contributed by atoms with Crippen LogP contribution in [-0.4, -0.2) is 4.98 Å². The van der Waals surface area contributed by atoms with E-state index in [2.05, 4.69) is 4.98 Å². The molecular weight excluding hydrogens is 202 g/mol. The average molecular weight is 210 g/mol. The van der Waals surface area contributed by atoms with Gasteiger partial charge in [0.2, 0.25) is 0 Å². The maximum Gasteiger partial charge on any atom is 0.348 e. The van der Waals surface area contributed by atoms with E-state index in [4.69, 9.17) is 16.0 Å². The normalized spacial score (nSPS) is 10.8. The molecular formula is C10H8ClNO2. The van der Waals surface area contributed by atoms with Gasteiger partial charge in [-0.3, -0.25) is 0 Å². The highest BCUT2D eigenvalue weighted by atomic mass is 35.5. The van der Waals surface area contributed by atoms with E-state index in [0.717, 1.165) is 5.56 Å². The Balaban J connectivity index is 3.08. The number of rotatable bonds is 0. The summed E-state index contributed by atoms with van der Waals surface area (Å²) in [7, 11) is 0. The molecule has 0 atom stereocenters. The number of aryl methyl sites for hydroxylation is 2. The summed E-state index contributed by atoms with van der Waals surface area (Å²) in [5, 5.41) is 0.740. The van der Waals surface area contributed by atoms with Gasteiger partial charge < -0.3 is 4.42 Å². The van der Waals surface area contributed by atoms with Crippen molar-refractivity contribution in [1.82, 2.24) is 4.98 Å². The van der Waals surface area contributed by atoms with Crippen LogP contribution in [0.3, 0.4) is 0 Å². The van der Waals surface area contributed by atoms with E-state index in [9.17, 15) is 4.79 Å². The topological polar surface area (TPSA) is 43.1 Å². The molecule has 1 aromatic heterocycles. The van der Waals surface area contributed by atoms with E-state index in [0.29, 0.717) is 21.8 Å². The molecule has 0 unspecified atom stereocenters. The van der Waals surface area contributed by atoms with Gasteiger partial charge in [0, 0.05) is 6.92 Å². The highest BCUT2D eigenvalue weighted by Crippen LogP contribution is 2.21. The molecule has 0 aliphatic carbocycles. The van der Waals surface area contributed by atoms with E-state index < -0.39 is 5.63 Å². The van der Waals surface area contributed by atoms with Crippen molar-refractivity contribution in [1.29, 1.82) is 0 Å². The molecule has 1 heterocycles. The number of fused-ring (bicyclic) bond motifs is 1. The lowest BCUT2D eigenvalue weighted by atomic mass is 10.1. The van der Waals surface area contributed by atoms with Gasteiger partial charge in [-0.25, -0.2) is 9.78 Å². The summed E-state index contributed by atoms with van der Waals surface area (Å²) in [5.74, 6) is 0.355. The molecule has 3 nitrogen and oxygen atoms in total. The van der Waals surface area contributed by atoms with Gasteiger partial charge in [0.05, 0.1) is 10.5 Å². The number of hydrogen-bond donors (Lipinski definition) is 0. The highest BCUT2D eigenvalue weighted by molar-refractivity contribution is 6.35. The van der Waals surface area contributed by atoms with E-state index in [-0.39, 0.29) is 0 Å². The van der Waals surface area contributed by atoms with Crippen molar-refractivity contribution >= 4 is 22.5 Å². The van der Waals surface area contributed by atoms with Gasteiger partial charge in [-0.2, -0.15) is 0 Å². The number of aromatic nitrogens is 1. The molecule has 2 aromatic rings. The van der Waals surface area contributed by atoms with Gasteiger partial charge in [-0.15, -0.1) is 0 Å². The summed E-state index contributed by atoms with van der Waals surface area (Å²) < 4.78 is 4.88. The maximum atomic E-state index is 11.5. The first-order valence-corrected chi connectivity index (χ1v) is 4.54. The van der Waals surface area contributed by atoms with Crippen molar-refractivity contribution in [3.63, 3.8) is 0 Å². The van der Waals surface area contributed by atoms with Crippen LogP contribution in [0, 0.1) is 13.8 Å².